The standard InChI is InChI=1S/C28H26S2/c1-5-23-7-9-27(29-23)25-15-21-13-20-12-18(4)26(28-10-8-24(6-2)30-28)16-22(20)14-19(21)11-17(25)3/h7-16H,5-6H2,1-4H3. The quantitative estimate of drug-likeness (QED) is 0.251. The zero-order chi connectivity index (χ0) is 20.8. The molecule has 5 aromatic rings. The fourth-order valence-electron chi connectivity index (χ4n) is 4.29. The summed E-state index contributed by atoms with van der Waals surface area (Å²) in [6.45, 7) is 8.93. The van der Waals surface area contributed by atoms with Gasteiger partial charge < -0.3 is 0 Å². The molecule has 0 saturated carbocycles. The van der Waals surface area contributed by atoms with Gasteiger partial charge in [0.2, 0.25) is 0 Å². The summed E-state index contributed by atoms with van der Waals surface area (Å²) in [5.41, 5.74) is 5.44. The van der Waals surface area contributed by atoms with Crippen molar-refractivity contribution < 1.29 is 0 Å². The Morgan fingerprint density at radius 1 is 0.533 bits per heavy atom. The average Bonchev–Trinajstić information content (AvgIpc) is 3.41. The van der Waals surface area contributed by atoms with E-state index in [-0.39, 0.29) is 0 Å². The first-order chi connectivity index (χ1) is 14.6. The Balaban J connectivity index is 1.66. The molecule has 0 aliphatic carbocycles. The Morgan fingerprint density at radius 2 is 0.933 bits per heavy atom. The molecule has 0 aliphatic heterocycles. The summed E-state index contributed by atoms with van der Waals surface area (Å²) in [5, 5.41) is 5.30. The summed E-state index contributed by atoms with van der Waals surface area (Å²) in [6, 6.07) is 23.3. The molecule has 0 unspecified atom stereocenters. The lowest BCUT2D eigenvalue weighted by molar-refractivity contribution is 1.19. The van der Waals surface area contributed by atoms with Crippen molar-refractivity contribution in [3.8, 4) is 20.9 Å². The Kier molecular flexibility index (Phi) is 5.00. The molecule has 0 radical (unpaired) electrons. The van der Waals surface area contributed by atoms with Gasteiger partial charge in [-0.2, -0.15) is 0 Å². The number of rotatable bonds is 4. The fraction of sp³-hybridized carbons (Fsp3) is 0.214. The first-order valence-corrected chi connectivity index (χ1v) is 12.4. The maximum absolute atomic E-state index is 2.38. The van der Waals surface area contributed by atoms with Crippen LogP contribution in [-0.2, 0) is 12.8 Å². The zero-order valence-corrected chi connectivity index (χ0v) is 19.6. The van der Waals surface area contributed by atoms with E-state index in [2.05, 4.69) is 88.4 Å². The van der Waals surface area contributed by atoms with E-state index in [4.69, 9.17) is 0 Å². The molecule has 0 fully saturated rings. The summed E-state index contributed by atoms with van der Waals surface area (Å²) in [7, 11) is 0. The number of aryl methyl sites for hydroxylation is 4. The van der Waals surface area contributed by atoms with Crippen LogP contribution in [-0.4, -0.2) is 0 Å². The second-order valence-corrected chi connectivity index (χ2v) is 10.5. The highest BCUT2D eigenvalue weighted by molar-refractivity contribution is 7.15. The second kappa shape index (κ2) is 7.68. The predicted octanol–water partition coefficient (Wildman–Crippen LogP) is 9.19. The molecule has 2 aromatic heterocycles. The van der Waals surface area contributed by atoms with Crippen LogP contribution < -0.4 is 0 Å². The van der Waals surface area contributed by atoms with Gasteiger partial charge >= 0.3 is 0 Å². The number of fused-ring (bicyclic) bond motifs is 2. The second-order valence-electron chi connectivity index (χ2n) is 8.12. The van der Waals surface area contributed by atoms with Crippen LogP contribution >= 0.6 is 22.7 Å². The van der Waals surface area contributed by atoms with Crippen molar-refractivity contribution in [2.75, 3.05) is 0 Å². The van der Waals surface area contributed by atoms with E-state index in [1.54, 1.807) is 0 Å². The van der Waals surface area contributed by atoms with Gasteiger partial charge in [0.1, 0.15) is 0 Å². The molecule has 30 heavy (non-hydrogen) atoms. The Hall–Kier alpha value is -2.42. The van der Waals surface area contributed by atoms with Crippen molar-refractivity contribution in [1.29, 1.82) is 0 Å². The highest BCUT2D eigenvalue weighted by Gasteiger charge is 2.11. The topological polar surface area (TPSA) is 0 Å². The van der Waals surface area contributed by atoms with Crippen molar-refractivity contribution in [3.05, 3.63) is 81.5 Å². The number of hydrogen-bond acceptors (Lipinski definition) is 2. The molecule has 2 heterocycles. The van der Waals surface area contributed by atoms with Gasteiger partial charge in [-0.05, 0) is 119 Å². The first kappa shape index (κ1) is 19.5. The monoisotopic (exact) mass is 426 g/mol. The lowest BCUT2D eigenvalue weighted by Crippen LogP contribution is -1.86. The Bertz CT molecular complexity index is 1270. The third-order valence-electron chi connectivity index (χ3n) is 6.03. The average molecular weight is 427 g/mol. The predicted molar refractivity (Wildman–Crippen MR) is 136 cm³/mol. The third-order valence-corrected chi connectivity index (χ3v) is 8.56. The van der Waals surface area contributed by atoms with E-state index >= 15 is 0 Å². The van der Waals surface area contributed by atoms with Gasteiger partial charge in [0.05, 0.1) is 0 Å². The van der Waals surface area contributed by atoms with Crippen molar-refractivity contribution >= 4 is 44.2 Å². The molecule has 3 aromatic carbocycles. The molecular formula is C28H26S2. The van der Waals surface area contributed by atoms with Gasteiger partial charge in [0.25, 0.3) is 0 Å². The number of hydrogen-bond donors (Lipinski definition) is 0. The summed E-state index contributed by atoms with van der Waals surface area (Å²) in [4.78, 5) is 5.65. The van der Waals surface area contributed by atoms with E-state index < -0.39 is 0 Å². The van der Waals surface area contributed by atoms with Gasteiger partial charge in [-0.1, -0.05) is 26.0 Å². The largest absolute Gasteiger partial charge is 0.140 e. The summed E-state index contributed by atoms with van der Waals surface area (Å²) >= 11 is 3.84. The maximum Gasteiger partial charge on any atom is 0.0348 e. The van der Waals surface area contributed by atoms with Gasteiger partial charge in [-0.15, -0.1) is 22.7 Å². The SMILES string of the molecule is CCc1ccc(-c2cc3cc4cc(C)c(-c5ccc(CC)s5)cc4cc3cc2C)s1. The molecule has 0 amide bonds. The van der Waals surface area contributed by atoms with E-state index in [0.29, 0.717) is 0 Å². The van der Waals surface area contributed by atoms with Gasteiger partial charge in [-0.25, -0.2) is 0 Å². The molecule has 0 saturated heterocycles. The molecule has 2 heteroatoms. The van der Waals surface area contributed by atoms with Crippen molar-refractivity contribution in [2.24, 2.45) is 0 Å². The minimum absolute atomic E-state index is 1.10. The molecule has 0 spiro atoms. The van der Waals surface area contributed by atoms with Crippen LogP contribution in [0, 0.1) is 13.8 Å². The highest BCUT2D eigenvalue weighted by Crippen LogP contribution is 2.37. The van der Waals surface area contributed by atoms with E-state index in [1.165, 1.54) is 63.3 Å². The zero-order valence-electron chi connectivity index (χ0n) is 18.0. The fourth-order valence-corrected chi connectivity index (χ4v) is 6.34. The van der Waals surface area contributed by atoms with Crippen molar-refractivity contribution in [1.82, 2.24) is 0 Å². The molecule has 0 bridgehead atoms. The molecule has 0 atom stereocenters. The lowest BCUT2D eigenvalue weighted by atomic mass is 9.95. The molecule has 150 valence electrons. The molecular weight excluding hydrogens is 400 g/mol. The maximum atomic E-state index is 2.38. The van der Waals surface area contributed by atoms with E-state index in [1.807, 2.05) is 22.7 Å². The van der Waals surface area contributed by atoms with Crippen LogP contribution in [0.4, 0.5) is 0 Å². The van der Waals surface area contributed by atoms with Gasteiger partial charge in [0, 0.05) is 19.5 Å². The summed E-state index contributed by atoms with van der Waals surface area (Å²) in [5.74, 6) is 0. The Morgan fingerprint density at radius 3 is 1.30 bits per heavy atom. The molecule has 0 N–H and O–H groups in total. The van der Waals surface area contributed by atoms with Gasteiger partial charge in [-0.3, -0.25) is 0 Å². The van der Waals surface area contributed by atoms with Crippen LogP contribution in [0.3, 0.4) is 0 Å². The molecule has 0 aliphatic rings. The summed E-state index contributed by atoms with van der Waals surface area (Å²) < 4.78 is 0. The highest BCUT2D eigenvalue weighted by atomic mass is 32.1. The summed E-state index contributed by atoms with van der Waals surface area (Å²) in [6.07, 6.45) is 2.21. The van der Waals surface area contributed by atoms with Crippen LogP contribution in [0.1, 0.15) is 34.7 Å². The van der Waals surface area contributed by atoms with Gasteiger partial charge in [0.15, 0.2) is 0 Å². The Labute approximate surface area is 186 Å². The van der Waals surface area contributed by atoms with Crippen LogP contribution in [0.5, 0.6) is 0 Å². The van der Waals surface area contributed by atoms with Crippen LogP contribution in [0.25, 0.3) is 42.4 Å². The van der Waals surface area contributed by atoms with Crippen LogP contribution in [0.15, 0.2) is 60.7 Å². The minimum atomic E-state index is 1.10. The molecule has 5 rings (SSSR count). The van der Waals surface area contributed by atoms with E-state index in [0.717, 1.165) is 12.8 Å². The smallest absolute Gasteiger partial charge is 0.0348 e. The molecule has 0 nitrogen and oxygen atoms in total. The lowest BCUT2D eigenvalue weighted by Gasteiger charge is -2.11. The first-order valence-electron chi connectivity index (χ1n) is 10.7. The van der Waals surface area contributed by atoms with Crippen molar-refractivity contribution in [2.45, 2.75) is 40.5 Å². The third kappa shape index (κ3) is 3.38. The van der Waals surface area contributed by atoms with E-state index in [9.17, 15) is 0 Å². The number of thiophene rings is 2. The number of benzene rings is 3. The van der Waals surface area contributed by atoms with Crippen LogP contribution in [0.2, 0.25) is 0 Å². The van der Waals surface area contributed by atoms with Crippen molar-refractivity contribution in [3.63, 3.8) is 0 Å². The normalized spacial score (nSPS) is 11.6. The minimum Gasteiger partial charge on any atom is -0.140 e.